The minimum atomic E-state index is -0.343. The first-order chi connectivity index (χ1) is 13.3. The highest BCUT2D eigenvalue weighted by Gasteiger charge is 2.25. The number of nitrogens with one attached hydrogen (secondary N) is 1. The van der Waals surface area contributed by atoms with E-state index in [1.807, 2.05) is 24.3 Å². The smallest absolute Gasteiger partial charge is 0.247 e. The highest BCUT2D eigenvalue weighted by molar-refractivity contribution is 7.99. The minimum Gasteiger partial charge on any atom is -0.448 e. The lowest BCUT2D eigenvalue weighted by Gasteiger charge is -2.19. The van der Waals surface area contributed by atoms with Crippen molar-refractivity contribution in [3.8, 4) is 17.1 Å². The second-order valence-corrected chi connectivity index (χ2v) is 8.00. The lowest BCUT2D eigenvalue weighted by atomic mass is 10.1. The van der Waals surface area contributed by atoms with Gasteiger partial charge in [-0.15, -0.1) is 22.0 Å². The van der Waals surface area contributed by atoms with Gasteiger partial charge in [0.05, 0.1) is 0 Å². The van der Waals surface area contributed by atoms with Crippen LogP contribution in [0.2, 0.25) is 0 Å². The molecule has 0 fully saturated rings. The molecule has 0 amide bonds. The fourth-order valence-electron chi connectivity index (χ4n) is 2.83. The van der Waals surface area contributed by atoms with E-state index in [4.69, 9.17) is 4.74 Å². The van der Waals surface area contributed by atoms with Gasteiger partial charge in [-0.2, -0.15) is 4.98 Å². The largest absolute Gasteiger partial charge is 0.448 e. The van der Waals surface area contributed by atoms with Gasteiger partial charge >= 0.3 is 0 Å². The lowest BCUT2D eigenvalue weighted by Crippen LogP contribution is -2.17. The van der Waals surface area contributed by atoms with Crippen LogP contribution in [0.1, 0.15) is 25.1 Å². The highest BCUT2D eigenvalue weighted by atomic mass is 32.2. The Morgan fingerprint density at radius 2 is 1.89 bits per heavy atom. The van der Waals surface area contributed by atoms with Gasteiger partial charge in [-0.05, 0) is 30.9 Å². The molecule has 1 atom stereocenters. The lowest BCUT2D eigenvalue weighted by molar-refractivity contribution is 0.225. The Labute approximate surface area is 167 Å². The number of ether oxygens (including phenoxy) is 1. The van der Waals surface area contributed by atoms with Gasteiger partial charge in [0.15, 0.2) is 11.9 Å². The number of benzene rings is 2. The van der Waals surface area contributed by atoms with E-state index in [9.17, 15) is 0 Å². The summed E-state index contributed by atoms with van der Waals surface area (Å²) in [5, 5.41) is 12.8. The molecule has 0 unspecified atom stereocenters. The summed E-state index contributed by atoms with van der Waals surface area (Å²) in [5.74, 6) is 1.47. The van der Waals surface area contributed by atoms with Crippen molar-refractivity contribution in [2.45, 2.75) is 29.6 Å². The average molecular weight is 397 g/mol. The molecule has 1 aliphatic heterocycles. The molecule has 2 aromatic carbocycles. The fraction of sp³-hybridized carbons (Fsp3) is 0.250. The van der Waals surface area contributed by atoms with Crippen molar-refractivity contribution in [3.63, 3.8) is 0 Å². The maximum absolute atomic E-state index is 6.27. The number of hydrogen-bond donors (Lipinski definition) is 1. The van der Waals surface area contributed by atoms with Crippen LogP contribution in [0, 0.1) is 0 Å². The number of fused-ring (bicyclic) bond motifs is 3. The quantitative estimate of drug-likeness (QED) is 0.590. The predicted octanol–water partition coefficient (Wildman–Crippen LogP) is 5.27. The molecule has 0 bridgehead atoms. The van der Waals surface area contributed by atoms with E-state index < -0.39 is 0 Å². The van der Waals surface area contributed by atoms with Crippen LogP contribution in [0.3, 0.4) is 0 Å². The molecule has 5 nitrogen and oxygen atoms in total. The van der Waals surface area contributed by atoms with Crippen LogP contribution >= 0.6 is 23.5 Å². The van der Waals surface area contributed by atoms with Crippen LogP contribution in [0.25, 0.3) is 11.3 Å². The van der Waals surface area contributed by atoms with Crippen molar-refractivity contribution in [3.05, 3.63) is 54.1 Å². The first-order valence-corrected chi connectivity index (χ1v) is 11.0. The van der Waals surface area contributed by atoms with E-state index in [-0.39, 0.29) is 6.23 Å². The number of rotatable bonds is 5. The summed E-state index contributed by atoms with van der Waals surface area (Å²) >= 11 is 3.32. The summed E-state index contributed by atoms with van der Waals surface area (Å²) in [4.78, 5) is 5.86. The van der Waals surface area contributed by atoms with Gasteiger partial charge in [-0.25, -0.2) is 0 Å². The van der Waals surface area contributed by atoms with Gasteiger partial charge < -0.3 is 10.1 Å². The first-order valence-electron chi connectivity index (χ1n) is 8.82. The SMILES string of the molecule is CCCSc1nnc2c(n1)O[C@H](c1ccc(SC)cc1)Nc1ccccc1-2. The molecular weight excluding hydrogens is 376 g/mol. The topological polar surface area (TPSA) is 59.9 Å². The zero-order valence-corrected chi connectivity index (χ0v) is 16.8. The molecule has 27 heavy (non-hydrogen) atoms. The molecule has 1 aliphatic rings. The van der Waals surface area contributed by atoms with E-state index >= 15 is 0 Å². The van der Waals surface area contributed by atoms with Crippen molar-refractivity contribution in [2.75, 3.05) is 17.3 Å². The highest BCUT2D eigenvalue weighted by Crippen LogP contribution is 2.39. The monoisotopic (exact) mass is 396 g/mol. The second-order valence-electron chi connectivity index (χ2n) is 6.06. The number of thioether (sulfide) groups is 2. The molecule has 1 aromatic heterocycles. The van der Waals surface area contributed by atoms with Crippen LogP contribution in [0.15, 0.2) is 58.6 Å². The van der Waals surface area contributed by atoms with E-state index in [0.29, 0.717) is 16.7 Å². The maximum atomic E-state index is 6.27. The Morgan fingerprint density at radius 3 is 2.67 bits per heavy atom. The van der Waals surface area contributed by atoms with Crippen LogP contribution in [0.5, 0.6) is 5.88 Å². The van der Waals surface area contributed by atoms with Crippen molar-refractivity contribution in [1.82, 2.24) is 15.2 Å². The van der Waals surface area contributed by atoms with Crippen LogP contribution in [0.4, 0.5) is 5.69 Å². The number of aromatic nitrogens is 3. The Hall–Kier alpha value is -2.25. The van der Waals surface area contributed by atoms with Crippen molar-refractivity contribution in [2.24, 2.45) is 0 Å². The molecule has 0 spiro atoms. The summed E-state index contributed by atoms with van der Waals surface area (Å²) in [6.07, 6.45) is 2.78. The van der Waals surface area contributed by atoms with E-state index in [1.54, 1.807) is 23.5 Å². The Bertz CT molecular complexity index is 934. The van der Waals surface area contributed by atoms with Crippen LogP contribution < -0.4 is 10.1 Å². The normalized spacial score (nSPS) is 15.1. The number of anilines is 1. The first kappa shape index (κ1) is 18.1. The predicted molar refractivity (Wildman–Crippen MR) is 111 cm³/mol. The summed E-state index contributed by atoms with van der Waals surface area (Å²) < 4.78 is 6.27. The second kappa shape index (κ2) is 8.19. The van der Waals surface area contributed by atoms with E-state index in [1.165, 1.54) is 4.90 Å². The third kappa shape index (κ3) is 3.89. The van der Waals surface area contributed by atoms with Gasteiger partial charge in [-0.3, -0.25) is 0 Å². The van der Waals surface area contributed by atoms with E-state index in [2.05, 4.69) is 57.9 Å². The van der Waals surface area contributed by atoms with Crippen LogP contribution in [-0.2, 0) is 0 Å². The maximum Gasteiger partial charge on any atom is 0.247 e. The summed E-state index contributed by atoms with van der Waals surface area (Å²) in [6.45, 7) is 2.13. The summed E-state index contributed by atoms with van der Waals surface area (Å²) in [5.41, 5.74) is 3.61. The van der Waals surface area contributed by atoms with Crippen LogP contribution in [-0.4, -0.2) is 27.2 Å². The van der Waals surface area contributed by atoms with Crippen molar-refractivity contribution < 1.29 is 4.74 Å². The molecule has 4 rings (SSSR count). The summed E-state index contributed by atoms with van der Waals surface area (Å²) in [6, 6.07) is 16.4. The molecule has 7 heteroatoms. The molecule has 138 valence electrons. The Morgan fingerprint density at radius 1 is 1.07 bits per heavy atom. The van der Waals surface area contributed by atoms with Gasteiger partial charge in [-0.1, -0.05) is 49.0 Å². The number of nitrogens with zero attached hydrogens (tertiary/aromatic N) is 3. The van der Waals surface area contributed by atoms with Gasteiger partial charge in [0, 0.05) is 27.5 Å². The van der Waals surface area contributed by atoms with Gasteiger partial charge in [0.1, 0.15) is 0 Å². The minimum absolute atomic E-state index is 0.343. The third-order valence-corrected chi connectivity index (χ3v) is 5.97. The standard InChI is InChI=1S/C20H20N4OS2/c1-3-12-27-20-22-19-17(23-24-20)15-6-4-5-7-16(15)21-18(25-19)13-8-10-14(26-2)11-9-13/h4-11,18,21H,3,12H2,1-2H3/t18-/m1/s1. The molecule has 2 heterocycles. The molecule has 1 N–H and O–H groups in total. The van der Waals surface area contributed by atoms with Crippen molar-refractivity contribution in [1.29, 1.82) is 0 Å². The Balaban J connectivity index is 1.75. The van der Waals surface area contributed by atoms with Gasteiger partial charge in [0.25, 0.3) is 0 Å². The molecule has 0 saturated carbocycles. The molecule has 3 aromatic rings. The Kier molecular flexibility index (Phi) is 5.50. The zero-order valence-electron chi connectivity index (χ0n) is 15.2. The van der Waals surface area contributed by atoms with Crippen molar-refractivity contribution >= 4 is 29.2 Å². The average Bonchev–Trinajstić information content (AvgIpc) is 2.88. The number of para-hydroxylation sites is 1. The third-order valence-electron chi connectivity index (χ3n) is 4.19. The van der Waals surface area contributed by atoms with Gasteiger partial charge in [0.2, 0.25) is 11.0 Å². The molecular formula is C20H20N4OS2. The molecule has 0 radical (unpaired) electrons. The molecule has 0 saturated heterocycles. The zero-order chi connectivity index (χ0) is 18.6. The molecule has 0 aliphatic carbocycles. The van der Waals surface area contributed by atoms with E-state index in [0.717, 1.165) is 29.0 Å². The number of hydrogen-bond acceptors (Lipinski definition) is 7. The fourth-order valence-corrected chi connectivity index (χ4v) is 3.87. The summed E-state index contributed by atoms with van der Waals surface area (Å²) in [7, 11) is 0.